The summed E-state index contributed by atoms with van der Waals surface area (Å²) in [7, 11) is 0. The van der Waals surface area contributed by atoms with Crippen LogP contribution in [-0.2, 0) is 13.0 Å². The van der Waals surface area contributed by atoms with E-state index < -0.39 is 0 Å². The van der Waals surface area contributed by atoms with Gasteiger partial charge in [0.1, 0.15) is 0 Å². The molecule has 100 valence electrons. The predicted molar refractivity (Wildman–Crippen MR) is 80.4 cm³/mol. The molecule has 1 aromatic heterocycles. The lowest BCUT2D eigenvalue weighted by Crippen LogP contribution is -2.27. The Hall–Kier alpha value is -1.38. The van der Waals surface area contributed by atoms with Crippen LogP contribution in [0.4, 0.5) is 0 Å². The maximum Gasteiger partial charge on any atom is 0.0541 e. The first-order chi connectivity index (χ1) is 9.13. The van der Waals surface area contributed by atoms with Crippen LogP contribution in [-0.4, -0.2) is 11.0 Å². The number of hydrogen-bond acceptors (Lipinski definition) is 2. The first kappa shape index (κ1) is 14.0. The number of aryl methyl sites for hydroxylation is 1. The van der Waals surface area contributed by atoms with Crippen molar-refractivity contribution in [3.8, 4) is 0 Å². The molecular weight excluding hydrogens is 256 g/mol. The van der Waals surface area contributed by atoms with E-state index in [1.165, 1.54) is 11.1 Å². The summed E-state index contributed by atoms with van der Waals surface area (Å²) in [6, 6.07) is 12.6. The van der Waals surface area contributed by atoms with Gasteiger partial charge >= 0.3 is 0 Å². The second-order valence-electron chi connectivity index (χ2n) is 4.94. The maximum atomic E-state index is 5.88. The van der Waals surface area contributed by atoms with Gasteiger partial charge in [-0.25, -0.2) is 0 Å². The molecule has 2 rings (SSSR count). The maximum absolute atomic E-state index is 5.88. The van der Waals surface area contributed by atoms with Crippen LogP contribution in [0.15, 0.2) is 42.6 Å². The van der Waals surface area contributed by atoms with Gasteiger partial charge in [-0.2, -0.15) is 0 Å². The number of rotatable bonds is 5. The lowest BCUT2D eigenvalue weighted by Gasteiger charge is -2.13. The van der Waals surface area contributed by atoms with Gasteiger partial charge < -0.3 is 5.32 Å². The van der Waals surface area contributed by atoms with Crippen LogP contribution in [0.1, 0.15) is 23.7 Å². The first-order valence-electron chi connectivity index (χ1n) is 6.53. The Morgan fingerprint density at radius 3 is 2.53 bits per heavy atom. The quantitative estimate of drug-likeness (QED) is 0.898. The summed E-state index contributed by atoms with van der Waals surface area (Å²) in [5, 5.41) is 4.27. The molecule has 0 aliphatic carbocycles. The minimum absolute atomic E-state index is 0.407. The number of nitrogens with zero attached hydrogens (tertiary/aromatic N) is 1. The van der Waals surface area contributed by atoms with Gasteiger partial charge in [0.2, 0.25) is 0 Å². The summed E-state index contributed by atoms with van der Waals surface area (Å²) in [6.45, 7) is 5.03. The number of aromatic nitrogens is 1. The molecule has 0 aliphatic heterocycles. The van der Waals surface area contributed by atoms with Gasteiger partial charge in [0.25, 0.3) is 0 Å². The van der Waals surface area contributed by atoms with Crippen molar-refractivity contribution >= 4 is 11.6 Å². The van der Waals surface area contributed by atoms with Gasteiger partial charge in [-0.15, -0.1) is 0 Å². The smallest absolute Gasteiger partial charge is 0.0541 e. The molecule has 1 unspecified atom stereocenters. The minimum Gasteiger partial charge on any atom is -0.308 e. The zero-order valence-corrected chi connectivity index (χ0v) is 12.1. The Morgan fingerprint density at radius 2 is 1.89 bits per heavy atom. The van der Waals surface area contributed by atoms with E-state index in [0.717, 1.165) is 23.7 Å². The number of pyridine rings is 1. The lowest BCUT2D eigenvalue weighted by atomic mass is 10.1. The highest BCUT2D eigenvalue weighted by atomic mass is 35.5. The van der Waals surface area contributed by atoms with Crippen molar-refractivity contribution in [3.05, 3.63) is 64.4 Å². The highest BCUT2D eigenvalue weighted by Crippen LogP contribution is 2.11. The Labute approximate surface area is 119 Å². The van der Waals surface area contributed by atoms with Crippen LogP contribution in [0.5, 0.6) is 0 Å². The van der Waals surface area contributed by atoms with E-state index in [1.807, 2.05) is 25.3 Å². The van der Waals surface area contributed by atoms with Crippen LogP contribution in [0.2, 0.25) is 5.02 Å². The lowest BCUT2D eigenvalue weighted by molar-refractivity contribution is 0.540. The molecule has 0 fully saturated rings. The fraction of sp³-hybridized carbons (Fsp3) is 0.312. The van der Waals surface area contributed by atoms with E-state index >= 15 is 0 Å². The Kier molecular flexibility index (Phi) is 4.94. The molecule has 3 heteroatoms. The summed E-state index contributed by atoms with van der Waals surface area (Å²) in [5.74, 6) is 0. The zero-order chi connectivity index (χ0) is 13.7. The standard InChI is InChI=1S/C16H19ClN2/c1-12-3-8-16(19-10-12)11-18-13(2)9-14-4-6-15(17)7-5-14/h3-8,10,13,18H,9,11H2,1-2H3. The Balaban J connectivity index is 1.82. The first-order valence-corrected chi connectivity index (χ1v) is 6.90. The fourth-order valence-corrected chi connectivity index (χ4v) is 2.05. The van der Waals surface area contributed by atoms with Crippen LogP contribution in [0.25, 0.3) is 0 Å². The van der Waals surface area contributed by atoms with Gasteiger partial charge in [-0.1, -0.05) is 29.8 Å². The largest absolute Gasteiger partial charge is 0.308 e. The fourth-order valence-electron chi connectivity index (χ4n) is 1.93. The molecule has 2 nitrogen and oxygen atoms in total. The second-order valence-corrected chi connectivity index (χ2v) is 5.38. The zero-order valence-electron chi connectivity index (χ0n) is 11.4. The number of benzene rings is 1. The Bertz CT molecular complexity index is 505. The molecule has 0 aliphatic rings. The van der Waals surface area contributed by atoms with Crippen molar-refractivity contribution < 1.29 is 0 Å². The topological polar surface area (TPSA) is 24.9 Å². The van der Waals surface area contributed by atoms with E-state index in [2.05, 4.69) is 41.5 Å². The third kappa shape index (κ3) is 4.66. The summed E-state index contributed by atoms with van der Waals surface area (Å²) in [6.07, 6.45) is 2.89. The minimum atomic E-state index is 0.407. The molecule has 0 amide bonds. The number of hydrogen-bond donors (Lipinski definition) is 1. The van der Waals surface area contributed by atoms with Crippen molar-refractivity contribution in [2.24, 2.45) is 0 Å². The molecule has 19 heavy (non-hydrogen) atoms. The number of halogens is 1. The molecule has 0 bridgehead atoms. The number of nitrogens with one attached hydrogen (secondary N) is 1. The van der Waals surface area contributed by atoms with Crippen molar-refractivity contribution in [1.29, 1.82) is 0 Å². The SMILES string of the molecule is Cc1ccc(CNC(C)Cc2ccc(Cl)cc2)nc1. The van der Waals surface area contributed by atoms with Crippen LogP contribution in [0, 0.1) is 6.92 Å². The average Bonchev–Trinajstić information content (AvgIpc) is 2.41. The molecular formula is C16H19ClN2. The highest BCUT2D eigenvalue weighted by molar-refractivity contribution is 6.30. The normalized spacial score (nSPS) is 12.4. The van der Waals surface area contributed by atoms with Gasteiger partial charge in [-0.05, 0) is 49.6 Å². The van der Waals surface area contributed by atoms with E-state index in [-0.39, 0.29) is 0 Å². The summed E-state index contributed by atoms with van der Waals surface area (Å²) >= 11 is 5.88. The Morgan fingerprint density at radius 1 is 1.16 bits per heavy atom. The average molecular weight is 275 g/mol. The molecule has 1 N–H and O–H groups in total. The second kappa shape index (κ2) is 6.69. The van der Waals surface area contributed by atoms with Gasteiger partial charge in [0.15, 0.2) is 0 Å². The monoisotopic (exact) mass is 274 g/mol. The molecule has 0 radical (unpaired) electrons. The highest BCUT2D eigenvalue weighted by Gasteiger charge is 2.04. The van der Waals surface area contributed by atoms with Gasteiger partial charge in [-0.3, -0.25) is 4.98 Å². The molecule has 1 aromatic carbocycles. The van der Waals surface area contributed by atoms with Crippen molar-refractivity contribution in [3.63, 3.8) is 0 Å². The van der Waals surface area contributed by atoms with Crippen LogP contribution < -0.4 is 5.32 Å². The molecule has 2 aromatic rings. The van der Waals surface area contributed by atoms with Gasteiger partial charge in [0, 0.05) is 23.8 Å². The third-order valence-electron chi connectivity index (χ3n) is 3.06. The van der Waals surface area contributed by atoms with E-state index in [1.54, 1.807) is 0 Å². The van der Waals surface area contributed by atoms with E-state index in [9.17, 15) is 0 Å². The molecule has 0 saturated carbocycles. The van der Waals surface area contributed by atoms with E-state index in [4.69, 9.17) is 11.6 Å². The molecule has 0 spiro atoms. The summed E-state index contributed by atoms with van der Waals surface area (Å²) in [5.41, 5.74) is 3.56. The van der Waals surface area contributed by atoms with Crippen molar-refractivity contribution in [1.82, 2.24) is 10.3 Å². The summed E-state index contributed by atoms with van der Waals surface area (Å²) < 4.78 is 0. The summed E-state index contributed by atoms with van der Waals surface area (Å²) in [4.78, 5) is 4.39. The molecule has 1 atom stereocenters. The molecule has 1 heterocycles. The van der Waals surface area contributed by atoms with Crippen molar-refractivity contribution in [2.75, 3.05) is 0 Å². The van der Waals surface area contributed by atoms with E-state index in [0.29, 0.717) is 6.04 Å². The third-order valence-corrected chi connectivity index (χ3v) is 3.31. The van der Waals surface area contributed by atoms with Crippen molar-refractivity contribution in [2.45, 2.75) is 32.9 Å². The van der Waals surface area contributed by atoms with Crippen LogP contribution >= 0.6 is 11.6 Å². The molecule has 0 saturated heterocycles. The predicted octanol–water partition coefficient (Wildman–Crippen LogP) is 3.76. The van der Waals surface area contributed by atoms with Gasteiger partial charge in [0.05, 0.1) is 5.69 Å². The van der Waals surface area contributed by atoms with Crippen LogP contribution in [0.3, 0.4) is 0 Å².